The molecule has 0 bridgehead atoms. The molecule has 0 unspecified atom stereocenters. The average molecular weight is 446 g/mol. The quantitative estimate of drug-likeness (QED) is 0.516. The Hall–Kier alpha value is -3.85. The molecule has 1 N–H and O–H groups in total. The molecule has 0 spiro atoms. The van der Waals surface area contributed by atoms with Gasteiger partial charge in [-0.25, -0.2) is 4.98 Å². The fraction of sp³-hybridized carbons (Fsp3) is 0.174. The van der Waals surface area contributed by atoms with E-state index < -0.39 is 5.92 Å². The lowest BCUT2D eigenvalue weighted by atomic mass is 10.1. The number of rotatable bonds is 4. The molecule has 9 heteroatoms. The minimum Gasteiger partial charge on any atom is -0.454 e. The van der Waals surface area contributed by atoms with Crippen molar-refractivity contribution in [2.24, 2.45) is 5.92 Å². The molecule has 0 saturated carbocycles. The van der Waals surface area contributed by atoms with E-state index in [1.807, 2.05) is 52.4 Å². The van der Waals surface area contributed by atoms with Gasteiger partial charge in [-0.1, -0.05) is 30.3 Å². The molecular weight excluding hydrogens is 428 g/mol. The van der Waals surface area contributed by atoms with Crippen molar-refractivity contribution in [3.05, 3.63) is 60.1 Å². The Morgan fingerprint density at radius 3 is 2.84 bits per heavy atom. The van der Waals surface area contributed by atoms with Gasteiger partial charge in [-0.15, -0.1) is 11.3 Å². The lowest BCUT2D eigenvalue weighted by molar-refractivity contribution is -0.122. The van der Waals surface area contributed by atoms with Gasteiger partial charge in [0.05, 0.1) is 5.92 Å². The highest BCUT2D eigenvalue weighted by molar-refractivity contribution is 7.15. The van der Waals surface area contributed by atoms with Gasteiger partial charge >= 0.3 is 0 Å². The number of fused-ring (bicyclic) bond motifs is 2. The molecule has 1 saturated heterocycles. The fourth-order valence-electron chi connectivity index (χ4n) is 4.11. The van der Waals surface area contributed by atoms with Gasteiger partial charge in [-0.3, -0.25) is 14.0 Å². The SMILES string of the molecule is O=C(Nc1c(-c2ccccc2)nc2sccn12)[C@@H]1CC(=O)N(c2ccc3c(c2)OCO3)C1. The van der Waals surface area contributed by atoms with E-state index in [-0.39, 0.29) is 25.0 Å². The number of hydrogen-bond donors (Lipinski definition) is 1. The van der Waals surface area contributed by atoms with E-state index in [4.69, 9.17) is 14.5 Å². The summed E-state index contributed by atoms with van der Waals surface area (Å²) in [6.45, 7) is 0.473. The highest BCUT2D eigenvalue weighted by atomic mass is 32.1. The van der Waals surface area contributed by atoms with Crippen molar-refractivity contribution >= 4 is 39.6 Å². The zero-order valence-corrected chi connectivity index (χ0v) is 17.7. The van der Waals surface area contributed by atoms with Crippen molar-refractivity contribution in [3.63, 3.8) is 0 Å². The average Bonchev–Trinajstić information content (AvgIpc) is 3.58. The van der Waals surface area contributed by atoms with Gasteiger partial charge in [0.2, 0.25) is 18.6 Å². The monoisotopic (exact) mass is 446 g/mol. The lowest BCUT2D eigenvalue weighted by Crippen LogP contribution is -2.28. The van der Waals surface area contributed by atoms with Crippen LogP contribution in [0.5, 0.6) is 11.5 Å². The topological polar surface area (TPSA) is 85.2 Å². The molecule has 160 valence electrons. The number of hydrogen-bond acceptors (Lipinski definition) is 6. The van der Waals surface area contributed by atoms with Gasteiger partial charge in [0.1, 0.15) is 11.5 Å². The van der Waals surface area contributed by atoms with Crippen LogP contribution in [0.2, 0.25) is 0 Å². The minimum absolute atomic E-state index is 0.0961. The molecule has 1 atom stereocenters. The first-order chi connectivity index (χ1) is 15.7. The maximum Gasteiger partial charge on any atom is 0.231 e. The summed E-state index contributed by atoms with van der Waals surface area (Å²) in [5.74, 6) is 1.11. The van der Waals surface area contributed by atoms with Crippen molar-refractivity contribution in [2.75, 3.05) is 23.6 Å². The van der Waals surface area contributed by atoms with Crippen molar-refractivity contribution < 1.29 is 19.1 Å². The third-order valence-corrected chi connectivity index (χ3v) is 6.47. The van der Waals surface area contributed by atoms with Crippen LogP contribution < -0.4 is 19.7 Å². The lowest BCUT2D eigenvalue weighted by Gasteiger charge is -2.17. The first kappa shape index (κ1) is 18.9. The Morgan fingerprint density at radius 1 is 1.12 bits per heavy atom. The zero-order valence-electron chi connectivity index (χ0n) is 16.9. The van der Waals surface area contributed by atoms with E-state index in [0.29, 0.717) is 35.2 Å². The summed E-state index contributed by atoms with van der Waals surface area (Å²) in [5.41, 5.74) is 2.33. The number of benzene rings is 2. The largest absolute Gasteiger partial charge is 0.454 e. The molecule has 2 aliphatic heterocycles. The molecular formula is C23H18N4O4S. The van der Waals surface area contributed by atoms with Gasteiger partial charge in [0, 0.05) is 41.9 Å². The van der Waals surface area contributed by atoms with Crippen LogP contribution in [0.3, 0.4) is 0 Å². The maximum atomic E-state index is 13.2. The maximum absolute atomic E-state index is 13.2. The summed E-state index contributed by atoms with van der Waals surface area (Å²) in [7, 11) is 0. The number of carbonyl (C=O) groups excluding carboxylic acids is 2. The van der Waals surface area contributed by atoms with Gasteiger partial charge in [-0.05, 0) is 12.1 Å². The van der Waals surface area contributed by atoms with Crippen LogP contribution in [-0.2, 0) is 9.59 Å². The number of carbonyl (C=O) groups is 2. The van der Waals surface area contributed by atoms with Crippen LogP contribution in [0.25, 0.3) is 16.2 Å². The predicted molar refractivity (Wildman–Crippen MR) is 120 cm³/mol. The molecule has 2 aromatic heterocycles. The van der Waals surface area contributed by atoms with Crippen molar-refractivity contribution in [2.45, 2.75) is 6.42 Å². The predicted octanol–water partition coefficient (Wildman–Crippen LogP) is 3.78. The van der Waals surface area contributed by atoms with Gasteiger partial charge in [0.25, 0.3) is 0 Å². The second kappa shape index (κ2) is 7.38. The molecule has 32 heavy (non-hydrogen) atoms. The molecule has 4 heterocycles. The van der Waals surface area contributed by atoms with E-state index in [1.54, 1.807) is 17.0 Å². The van der Waals surface area contributed by atoms with Crippen LogP contribution in [0.15, 0.2) is 60.1 Å². The normalized spacial score (nSPS) is 17.3. The standard InChI is InChI=1S/C23H18N4O4S/c28-19-10-15(12-27(19)16-6-7-17-18(11-16)31-13-30-17)22(29)25-21-20(14-4-2-1-3-5-14)24-23-26(21)8-9-32-23/h1-9,11,15H,10,12-13H2,(H,25,29)/t15-/m1/s1. The number of nitrogens with one attached hydrogen (secondary N) is 1. The number of amides is 2. The first-order valence-electron chi connectivity index (χ1n) is 10.2. The summed E-state index contributed by atoms with van der Waals surface area (Å²) in [6.07, 6.45) is 2.03. The number of ether oxygens (including phenoxy) is 2. The van der Waals surface area contributed by atoms with Crippen molar-refractivity contribution in [3.8, 4) is 22.8 Å². The summed E-state index contributed by atoms with van der Waals surface area (Å²) < 4.78 is 12.6. The summed E-state index contributed by atoms with van der Waals surface area (Å²) >= 11 is 1.50. The first-order valence-corrected chi connectivity index (χ1v) is 11.1. The van der Waals surface area contributed by atoms with Crippen LogP contribution >= 0.6 is 11.3 Å². The highest BCUT2D eigenvalue weighted by Gasteiger charge is 2.36. The third-order valence-electron chi connectivity index (χ3n) is 5.71. The summed E-state index contributed by atoms with van der Waals surface area (Å²) in [5, 5.41) is 4.96. The van der Waals surface area contributed by atoms with Gasteiger partial charge in [-0.2, -0.15) is 0 Å². The van der Waals surface area contributed by atoms with E-state index in [1.165, 1.54) is 11.3 Å². The number of imidazole rings is 1. The molecule has 4 aromatic rings. The van der Waals surface area contributed by atoms with E-state index in [2.05, 4.69) is 5.32 Å². The van der Waals surface area contributed by atoms with Crippen molar-refractivity contribution in [1.29, 1.82) is 0 Å². The molecule has 0 radical (unpaired) electrons. The number of nitrogens with zero attached hydrogens (tertiary/aromatic N) is 3. The zero-order chi connectivity index (χ0) is 21.7. The summed E-state index contributed by atoms with van der Waals surface area (Å²) in [4.78, 5) is 33.0. The van der Waals surface area contributed by atoms with Crippen LogP contribution in [-0.4, -0.2) is 34.5 Å². The Kier molecular flexibility index (Phi) is 4.36. The smallest absolute Gasteiger partial charge is 0.231 e. The fourth-order valence-corrected chi connectivity index (χ4v) is 4.82. The summed E-state index contributed by atoms with van der Waals surface area (Å²) in [6, 6.07) is 15.1. The highest BCUT2D eigenvalue weighted by Crippen LogP contribution is 2.37. The molecule has 2 aromatic carbocycles. The Labute approximate surface area is 187 Å². The van der Waals surface area contributed by atoms with E-state index in [0.717, 1.165) is 10.5 Å². The number of thiazole rings is 1. The number of aromatic nitrogens is 2. The molecule has 1 fully saturated rings. The van der Waals surface area contributed by atoms with Gasteiger partial charge < -0.3 is 19.7 Å². The van der Waals surface area contributed by atoms with Crippen molar-refractivity contribution in [1.82, 2.24) is 9.38 Å². The number of anilines is 2. The second-order valence-electron chi connectivity index (χ2n) is 7.66. The Balaban J connectivity index is 1.26. The molecule has 6 rings (SSSR count). The van der Waals surface area contributed by atoms with E-state index in [9.17, 15) is 9.59 Å². The molecule has 8 nitrogen and oxygen atoms in total. The molecule has 2 aliphatic rings. The third kappa shape index (κ3) is 3.09. The Bertz CT molecular complexity index is 1350. The second-order valence-corrected chi connectivity index (χ2v) is 8.54. The Morgan fingerprint density at radius 2 is 1.97 bits per heavy atom. The van der Waals surface area contributed by atoms with Gasteiger partial charge in [0.15, 0.2) is 16.5 Å². The van der Waals surface area contributed by atoms with E-state index >= 15 is 0 Å². The van der Waals surface area contributed by atoms with Crippen LogP contribution in [0, 0.1) is 5.92 Å². The van der Waals surface area contributed by atoms with Crippen LogP contribution in [0.4, 0.5) is 11.5 Å². The molecule has 0 aliphatic carbocycles. The van der Waals surface area contributed by atoms with Crippen LogP contribution in [0.1, 0.15) is 6.42 Å². The minimum atomic E-state index is -0.472. The molecule has 2 amide bonds.